The predicted octanol–water partition coefficient (Wildman–Crippen LogP) is 3.08. The Morgan fingerprint density at radius 2 is 1.68 bits per heavy atom. The molecule has 2 rings (SSSR count). The van der Waals surface area contributed by atoms with Crippen LogP contribution in [0.2, 0.25) is 0 Å². The summed E-state index contributed by atoms with van der Waals surface area (Å²) in [6.45, 7) is 1.51. The molecular weight excluding hydrogens is 360 g/mol. The van der Waals surface area contributed by atoms with Gasteiger partial charge in [-0.2, -0.15) is 5.26 Å². The van der Waals surface area contributed by atoms with Crippen molar-refractivity contribution < 1.29 is 23.8 Å². The van der Waals surface area contributed by atoms with Crippen LogP contribution in [0, 0.1) is 11.3 Å². The number of hydrogen-bond acceptors (Lipinski definition) is 6. The van der Waals surface area contributed by atoms with E-state index >= 15 is 0 Å². The number of aryl methyl sites for hydroxylation is 1. The Kier molecular flexibility index (Phi) is 7.40. The number of benzene rings is 2. The van der Waals surface area contributed by atoms with Gasteiger partial charge in [-0.15, -0.1) is 0 Å². The number of esters is 1. The number of nitrogens with zero attached hydrogens (tertiary/aromatic N) is 1. The van der Waals surface area contributed by atoms with Crippen molar-refractivity contribution in [3.8, 4) is 17.6 Å². The van der Waals surface area contributed by atoms with Crippen molar-refractivity contribution in [1.29, 1.82) is 5.26 Å². The molecule has 0 heterocycles. The van der Waals surface area contributed by atoms with Gasteiger partial charge in [-0.25, -0.2) is 0 Å². The Morgan fingerprint density at radius 1 is 1.07 bits per heavy atom. The van der Waals surface area contributed by atoms with E-state index in [2.05, 4.69) is 5.32 Å². The van der Waals surface area contributed by atoms with Crippen LogP contribution in [-0.2, 0) is 20.7 Å². The molecule has 28 heavy (non-hydrogen) atoms. The molecule has 1 atom stereocenters. The van der Waals surface area contributed by atoms with Crippen molar-refractivity contribution in [2.24, 2.45) is 0 Å². The van der Waals surface area contributed by atoms with Crippen LogP contribution in [0.5, 0.6) is 11.5 Å². The number of methoxy groups -OCH3 is 2. The van der Waals surface area contributed by atoms with Gasteiger partial charge in [0.1, 0.15) is 11.5 Å². The lowest BCUT2D eigenvalue weighted by Gasteiger charge is -2.14. The van der Waals surface area contributed by atoms with Gasteiger partial charge in [0.15, 0.2) is 6.10 Å². The van der Waals surface area contributed by atoms with Crippen molar-refractivity contribution in [2.45, 2.75) is 25.9 Å². The Labute approximate surface area is 163 Å². The van der Waals surface area contributed by atoms with E-state index in [4.69, 9.17) is 19.5 Å². The van der Waals surface area contributed by atoms with Gasteiger partial charge in [-0.1, -0.05) is 0 Å². The Balaban J connectivity index is 1.86. The van der Waals surface area contributed by atoms with E-state index in [0.29, 0.717) is 29.2 Å². The quantitative estimate of drug-likeness (QED) is 0.705. The first kappa shape index (κ1) is 20.8. The molecule has 0 fully saturated rings. The second kappa shape index (κ2) is 9.97. The molecule has 2 aromatic rings. The SMILES string of the molecule is COc1cc(CCC(=O)O[C@H](C)C(=O)Nc2ccc(C#N)cc2)cc(OC)c1. The molecule has 0 aliphatic heterocycles. The number of ether oxygens (including phenoxy) is 3. The third-order valence-corrected chi connectivity index (χ3v) is 3.99. The molecule has 0 bridgehead atoms. The van der Waals surface area contributed by atoms with E-state index in [1.54, 1.807) is 44.6 Å². The van der Waals surface area contributed by atoms with E-state index in [0.717, 1.165) is 5.56 Å². The van der Waals surface area contributed by atoms with Gasteiger partial charge >= 0.3 is 5.97 Å². The predicted molar refractivity (Wildman–Crippen MR) is 103 cm³/mol. The summed E-state index contributed by atoms with van der Waals surface area (Å²) in [4.78, 5) is 24.2. The number of nitriles is 1. The number of carbonyl (C=O) groups excluding carboxylic acids is 2. The molecule has 0 aromatic heterocycles. The first-order valence-electron chi connectivity index (χ1n) is 8.67. The lowest BCUT2D eigenvalue weighted by molar-refractivity contribution is -0.153. The summed E-state index contributed by atoms with van der Waals surface area (Å²) >= 11 is 0. The maximum atomic E-state index is 12.2. The minimum atomic E-state index is -0.942. The second-order valence-corrected chi connectivity index (χ2v) is 6.03. The lowest BCUT2D eigenvalue weighted by atomic mass is 10.1. The van der Waals surface area contributed by atoms with E-state index in [1.165, 1.54) is 6.92 Å². The molecule has 0 saturated carbocycles. The van der Waals surface area contributed by atoms with Gasteiger partial charge in [0.2, 0.25) is 0 Å². The highest BCUT2D eigenvalue weighted by atomic mass is 16.5. The summed E-state index contributed by atoms with van der Waals surface area (Å²) in [7, 11) is 3.11. The summed E-state index contributed by atoms with van der Waals surface area (Å²) in [6.07, 6.45) is -0.399. The van der Waals surface area contributed by atoms with Crippen molar-refractivity contribution in [3.05, 3.63) is 53.6 Å². The summed E-state index contributed by atoms with van der Waals surface area (Å²) in [5, 5.41) is 11.4. The minimum absolute atomic E-state index is 0.116. The normalized spacial score (nSPS) is 11.1. The number of amides is 1. The van der Waals surface area contributed by atoms with Gasteiger partial charge in [0.25, 0.3) is 5.91 Å². The summed E-state index contributed by atoms with van der Waals surface area (Å²) in [5.41, 5.74) is 1.88. The molecule has 0 unspecified atom stereocenters. The maximum absolute atomic E-state index is 12.2. The molecule has 0 aliphatic carbocycles. The smallest absolute Gasteiger partial charge is 0.306 e. The maximum Gasteiger partial charge on any atom is 0.306 e. The van der Waals surface area contributed by atoms with Gasteiger partial charge in [0, 0.05) is 18.2 Å². The average molecular weight is 382 g/mol. The molecule has 0 aliphatic rings. The molecule has 1 amide bonds. The molecule has 2 aromatic carbocycles. The Hall–Kier alpha value is -3.53. The Bertz CT molecular complexity index is 849. The second-order valence-electron chi connectivity index (χ2n) is 6.03. The van der Waals surface area contributed by atoms with E-state index in [9.17, 15) is 9.59 Å². The first-order chi connectivity index (χ1) is 13.4. The number of rotatable bonds is 8. The van der Waals surface area contributed by atoms with Crippen molar-refractivity contribution in [2.75, 3.05) is 19.5 Å². The number of carbonyl (C=O) groups is 2. The number of hydrogen-bond donors (Lipinski definition) is 1. The monoisotopic (exact) mass is 382 g/mol. The lowest BCUT2D eigenvalue weighted by Crippen LogP contribution is -2.30. The highest BCUT2D eigenvalue weighted by molar-refractivity contribution is 5.95. The summed E-state index contributed by atoms with van der Waals surface area (Å²) < 4.78 is 15.6. The highest BCUT2D eigenvalue weighted by Gasteiger charge is 2.18. The zero-order valence-corrected chi connectivity index (χ0v) is 16.0. The number of anilines is 1. The van der Waals surface area contributed by atoms with E-state index in [1.807, 2.05) is 18.2 Å². The van der Waals surface area contributed by atoms with Crippen LogP contribution in [0.25, 0.3) is 0 Å². The molecule has 7 nitrogen and oxygen atoms in total. The van der Waals surface area contributed by atoms with Crippen molar-refractivity contribution >= 4 is 17.6 Å². The van der Waals surface area contributed by atoms with Crippen LogP contribution < -0.4 is 14.8 Å². The molecular formula is C21H22N2O5. The van der Waals surface area contributed by atoms with E-state index in [-0.39, 0.29) is 6.42 Å². The van der Waals surface area contributed by atoms with Crippen molar-refractivity contribution in [1.82, 2.24) is 0 Å². The average Bonchev–Trinajstić information content (AvgIpc) is 2.72. The van der Waals surface area contributed by atoms with Crippen molar-refractivity contribution in [3.63, 3.8) is 0 Å². The van der Waals surface area contributed by atoms with Crippen LogP contribution in [0.3, 0.4) is 0 Å². The molecule has 0 radical (unpaired) electrons. The zero-order chi connectivity index (χ0) is 20.5. The molecule has 146 valence electrons. The Morgan fingerprint density at radius 3 is 2.21 bits per heavy atom. The van der Waals surface area contributed by atoms with Crippen LogP contribution in [0.1, 0.15) is 24.5 Å². The van der Waals surface area contributed by atoms with Crippen LogP contribution in [0.15, 0.2) is 42.5 Å². The highest BCUT2D eigenvalue weighted by Crippen LogP contribution is 2.23. The van der Waals surface area contributed by atoms with Crippen LogP contribution in [-0.4, -0.2) is 32.2 Å². The topological polar surface area (TPSA) is 97.6 Å². The number of nitrogens with one attached hydrogen (secondary N) is 1. The third kappa shape index (κ3) is 6.02. The first-order valence-corrected chi connectivity index (χ1v) is 8.67. The molecule has 0 spiro atoms. The molecule has 1 N–H and O–H groups in total. The third-order valence-electron chi connectivity index (χ3n) is 3.99. The minimum Gasteiger partial charge on any atom is -0.497 e. The van der Waals surface area contributed by atoms with Crippen LogP contribution in [0.4, 0.5) is 5.69 Å². The summed E-state index contributed by atoms with van der Waals surface area (Å²) in [5.74, 6) is 0.348. The van der Waals surface area contributed by atoms with Gasteiger partial charge in [0.05, 0.1) is 25.9 Å². The summed E-state index contributed by atoms with van der Waals surface area (Å²) in [6, 6.07) is 13.8. The van der Waals surface area contributed by atoms with Crippen LogP contribution >= 0.6 is 0 Å². The molecule has 7 heteroatoms. The standard InChI is InChI=1S/C21H22N2O5/c1-14(21(25)23-17-7-4-15(13-22)5-8-17)28-20(24)9-6-16-10-18(26-2)12-19(11-16)27-3/h4-5,7-8,10-12,14H,6,9H2,1-3H3,(H,23,25)/t14-/m1/s1. The largest absolute Gasteiger partial charge is 0.497 e. The fourth-order valence-electron chi connectivity index (χ4n) is 2.44. The zero-order valence-electron chi connectivity index (χ0n) is 16.0. The van der Waals surface area contributed by atoms with Gasteiger partial charge in [-0.3, -0.25) is 9.59 Å². The fraction of sp³-hybridized carbons (Fsp3) is 0.286. The fourth-order valence-corrected chi connectivity index (χ4v) is 2.44. The van der Waals surface area contributed by atoms with Gasteiger partial charge < -0.3 is 19.5 Å². The van der Waals surface area contributed by atoms with E-state index < -0.39 is 18.0 Å². The van der Waals surface area contributed by atoms with Gasteiger partial charge in [-0.05, 0) is 55.3 Å². The molecule has 0 saturated heterocycles.